The molecule has 0 saturated carbocycles. The van der Waals surface area contributed by atoms with Crippen LogP contribution in [0.4, 0.5) is 5.69 Å². The van der Waals surface area contributed by atoms with E-state index in [0.29, 0.717) is 17.0 Å². The van der Waals surface area contributed by atoms with Crippen molar-refractivity contribution in [3.63, 3.8) is 0 Å². The zero-order valence-electron chi connectivity index (χ0n) is 15.1. The largest absolute Gasteiger partial charge is 0.497 e. The molecular formula is C18H20N2O6S. The molecule has 144 valence electrons. The number of methoxy groups -OCH3 is 2. The highest BCUT2D eigenvalue weighted by atomic mass is 32.2. The fourth-order valence-electron chi connectivity index (χ4n) is 2.23. The highest BCUT2D eigenvalue weighted by molar-refractivity contribution is 7.89. The lowest BCUT2D eigenvalue weighted by molar-refractivity contribution is -0.115. The van der Waals surface area contributed by atoms with Crippen molar-refractivity contribution >= 4 is 27.4 Å². The Kier molecular flexibility index (Phi) is 6.54. The first-order valence-corrected chi connectivity index (χ1v) is 9.37. The van der Waals surface area contributed by atoms with Gasteiger partial charge in [-0.25, -0.2) is 13.1 Å². The first-order chi connectivity index (χ1) is 12.8. The molecule has 0 fully saturated rings. The van der Waals surface area contributed by atoms with E-state index in [-0.39, 0.29) is 16.4 Å². The molecule has 0 saturated heterocycles. The number of amides is 1. The summed E-state index contributed by atoms with van der Waals surface area (Å²) >= 11 is 0. The molecule has 0 aliphatic rings. The van der Waals surface area contributed by atoms with Crippen molar-refractivity contribution in [1.82, 2.24) is 4.72 Å². The molecule has 2 N–H and O–H groups in total. The van der Waals surface area contributed by atoms with Crippen LogP contribution in [0.15, 0.2) is 47.4 Å². The average molecular weight is 392 g/mol. The smallest absolute Gasteiger partial charge is 0.244 e. The van der Waals surface area contributed by atoms with Crippen LogP contribution in [-0.2, 0) is 14.8 Å². The van der Waals surface area contributed by atoms with Crippen LogP contribution in [0.25, 0.3) is 0 Å². The molecule has 27 heavy (non-hydrogen) atoms. The Labute approximate surface area is 157 Å². The monoisotopic (exact) mass is 392 g/mol. The minimum absolute atomic E-state index is 0.0888. The van der Waals surface area contributed by atoms with Gasteiger partial charge >= 0.3 is 0 Å². The molecule has 0 heterocycles. The third kappa shape index (κ3) is 5.28. The summed E-state index contributed by atoms with van der Waals surface area (Å²) in [4.78, 5) is 23.1. The molecule has 0 atom stereocenters. The van der Waals surface area contributed by atoms with E-state index in [1.54, 1.807) is 24.3 Å². The van der Waals surface area contributed by atoms with Crippen LogP contribution in [0, 0.1) is 0 Å². The van der Waals surface area contributed by atoms with E-state index >= 15 is 0 Å². The lowest BCUT2D eigenvalue weighted by atomic mass is 10.1. The van der Waals surface area contributed by atoms with Gasteiger partial charge < -0.3 is 14.8 Å². The zero-order chi connectivity index (χ0) is 20.0. The second-order valence-electron chi connectivity index (χ2n) is 5.52. The number of Topliss-reactive ketones (excluding diaryl/α,β-unsaturated/α-hetero) is 1. The van der Waals surface area contributed by atoms with Gasteiger partial charge in [0.05, 0.1) is 20.8 Å². The van der Waals surface area contributed by atoms with Gasteiger partial charge in [0.2, 0.25) is 15.9 Å². The molecule has 0 unspecified atom stereocenters. The molecule has 2 rings (SSSR count). The summed E-state index contributed by atoms with van der Waals surface area (Å²) < 4.78 is 37.2. The number of hydrogen-bond acceptors (Lipinski definition) is 6. The molecule has 9 heteroatoms. The van der Waals surface area contributed by atoms with Gasteiger partial charge in [-0.15, -0.1) is 0 Å². The molecular weight excluding hydrogens is 372 g/mol. The van der Waals surface area contributed by atoms with E-state index < -0.39 is 22.5 Å². The maximum atomic E-state index is 12.4. The van der Waals surface area contributed by atoms with E-state index in [1.165, 1.54) is 39.3 Å². The van der Waals surface area contributed by atoms with E-state index in [9.17, 15) is 18.0 Å². The number of rotatable bonds is 8. The minimum atomic E-state index is -3.97. The molecule has 1 amide bonds. The molecule has 0 radical (unpaired) electrons. The number of hydrogen-bond donors (Lipinski definition) is 2. The Hall–Kier alpha value is -2.91. The Morgan fingerprint density at radius 1 is 1.00 bits per heavy atom. The minimum Gasteiger partial charge on any atom is -0.497 e. The van der Waals surface area contributed by atoms with Crippen molar-refractivity contribution < 1.29 is 27.5 Å². The van der Waals surface area contributed by atoms with Gasteiger partial charge in [0.15, 0.2) is 5.78 Å². The first kappa shape index (κ1) is 20.4. The number of ether oxygens (including phenoxy) is 2. The molecule has 0 bridgehead atoms. The van der Waals surface area contributed by atoms with Gasteiger partial charge in [0, 0.05) is 17.3 Å². The van der Waals surface area contributed by atoms with Crippen LogP contribution in [0.2, 0.25) is 0 Å². The van der Waals surface area contributed by atoms with Crippen molar-refractivity contribution in [2.45, 2.75) is 11.8 Å². The quantitative estimate of drug-likeness (QED) is 0.663. The summed E-state index contributed by atoms with van der Waals surface area (Å²) in [6.07, 6.45) is 0. The highest BCUT2D eigenvalue weighted by Crippen LogP contribution is 2.28. The van der Waals surface area contributed by atoms with Crippen LogP contribution in [0.1, 0.15) is 17.3 Å². The van der Waals surface area contributed by atoms with Crippen molar-refractivity contribution in [3.05, 3.63) is 48.0 Å². The van der Waals surface area contributed by atoms with Gasteiger partial charge in [-0.2, -0.15) is 0 Å². The number of carbonyl (C=O) groups is 2. The van der Waals surface area contributed by atoms with E-state index in [0.717, 1.165) is 0 Å². The van der Waals surface area contributed by atoms with Gasteiger partial charge in [0.1, 0.15) is 16.4 Å². The van der Waals surface area contributed by atoms with Crippen molar-refractivity contribution in [3.8, 4) is 11.5 Å². The molecule has 8 nitrogen and oxygen atoms in total. The number of sulfonamides is 1. The molecule has 0 aromatic heterocycles. The summed E-state index contributed by atoms with van der Waals surface area (Å²) in [5, 5.41) is 2.55. The molecule has 0 spiro atoms. The van der Waals surface area contributed by atoms with Crippen molar-refractivity contribution in [2.75, 3.05) is 26.1 Å². The number of anilines is 1. The molecule has 0 aliphatic carbocycles. The SMILES string of the molecule is COc1ccc(S(=O)(=O)NCC(=O)Nc2ccc(C(C)=O)cc2)c(OC)c1. The van der Waals surface area contributed by atoms with Crippen LogP contribution >= 0.6 is 0 Å². The molecule has 0 aliphatic heterocycles. The Balaban J connectivity index is 2.04. The third-order valence-electron chi connectivity index (χ3n) is 3.66. The second-order valence-corrected chi connectivity index (χ2v) is 7.26. The first-order valence-electron chi connectivity index (χ1n) is 7.89. The fraction of sp³-hybridized carbons (Fsp3) is 0.222. The Morgan fingerprint density at radius 3 is 2.22 bits per heavy atom. The summed E-state index contributed by atoms with van der Waals surface area (Å²) in [7, 11) is -1.18. The van der Waals surface area contributed by atoms with E-state index in [1.807, 2.05) is 0 Å². The van der Waals surface area contributed by atoms with Gasteiger partial charge in [-0.1, -0.05) is 0 Å². The Morgan fingerprint density at radius 2 is 1.67 bits per heavy atom. The third-order valence-corrected chi connectivity index (χ3v) is 5.10. The fourth-order valence-corrected chi connectivity index (χ4v) is 3.36. The van der Waals surface area contributed by atoms with Gasteiger partial charge in [-0.3, -0.25) is 9.59 Å². The Bertz CT molecular complexity index is 939. The molecule has 2 aromatic carbocycles. The normalized spacial score (nSPS) is 10.9. The standard InChI is InChI=1S/C18H20N2O6S/c1-12(21)13-4-6-14(7-5-13)20-18(22)11-19-27(23,24)17-9-8-15(25-2)10-16(17)26-3/h4-10,19H,11H2,1-3H3,(H,20,22). The van der Waals surface area contributed by atoms with Crippen LogP contribution in [-0.4, -0.2) is 40.9 Å². The number of carbonyl (C=O) groups excluding carboxylic acids is 2. The topological polar surface area (TPSA) is 111 Å². The van der Waals surface area contributed by atoms with Crippen LogP contribution in [0.3, 0.4) is 0 Å². The lowest BCUT2D eigenvalue weighted by Gasteiger charge is -2.12. The number of nitrogens with one attached hydrogen (secondary N) is 2. The van der Waals surface area contributed by atoms with E-state index in [4.69, 9.17) is 9.47 Å². The lowest BCUT2D eigenvalue weighted by Crippen LogP contribution is -2.33. The number of benzene rings is 2. The summed E-state index contributed by atoms with van der Waals surface area (Å²) in [6.45, 7) is 0.974. The maximum absolute atomic E-state index is 12.4. The highest BCUT2D eigenvalue weighted by Gasteiger charge is 2.21. The van der Waals surface area contributed by atoms with Gasteiger partial charge in [-0.05, 0) is 43.3 Å². The number of ketones is 1. The van der Waals surface area contributed by atoms with Crippen LogP contribution < -0.4 is 19.5 Å². The van der Waals surface area contributed by atoms with Crippen LogP contribution in [0.5, 0.6) is 11.5 Å². The maximum Gasteiger partial charge on any atom is 0.244 e. The second kappa shape index (κ2) is 8.65. The van der Waals surface area contributed by atoms with Crippen molar-refractivity contribution in [2.24, 2.45) is 0 Å². The summed E-state index contributed by atoms with van der Waals surface area (Å²) in [5.74, 6) is -0.102. The average Bonchev–Trinajstić information content (AvgIpc) is 2.66. The summed E-state index contributed by atoms with van der Waals surface area (Å²) in [6, 6.07) is 10.5. The predicted octanol–water partition coefficient (Wildman–Crippen LogP) is 1.82. The summed E-state index contributed by atoms with van der Waals surface area (Å²) in [5.41, 5.74) is 0.964. The van der Waals surface area contributed by atoms with Crippen molar-refractivity contribution in [1.29, 1.82) is 0 Å². The predicted molar refractivity (Wildman–Crippen MR) is 99.8 cm³/mol. The zero-order valence-corrected chi connectivity index (χ0v) is 15.9. The van der Waals surface area contributed by atoms with Gasteiger partial charge in [0.25, 0.3) is 0 Å². The van der Waals surface area contributed by atoms with E-state index in [2.05, 4.69) is 10.0 Å². The molecule has 2 aromatic rings.